The van der Waals surface area contributed by atoms with Crippen LogP contribution in [0.15, 0.2) is 48.8 Å². The Hall–Kier alpha value is -2.64. The van der Waals surface area contributed by atoms with E-state index >= 15 is 0 Å². The lowest BCUT2D eigenvalue weighted by Gasteiger charge is -2.11. The van der Waals surface area contributed by atoms with E-state index in [0.29, 0.717) is 42.8 Å². The highest BCUT2D eigenvalue weighted by molar-refractivity contribution is 5.56. The molecule has 0 saturated heterocycles. The van der Waals surface area contributed by atoms with E-state index in [1.165, 1.54) is 6.08 Å². The van der Waals surface area contributed by atoms with Crippen molar-refractivity contribution < 1.29 is 27.0 Å². The van der Waals surface area contributed by atoms with Gasteiger partial charge in [0.05, 0.1) is 19.0 Å². The number of hydrogen-bond donors (Lipinski definition) is 0. The molecule has 1 atom stereocenters. The van der Waals surface area contributed by atoms with E-state index < -0.39 is 12.3 Å². The molecule has 2 rings (SSSR count). The summed E-state index contributed by atoms with van der Waals surface area (Å²) in [6, 6.07) is 7.33. The number of rotatable bonds is 20. The van der Waals surface area contributed by atoms with Gasteiger partial charge in [0.15, 0.2) is 11.6 Å². The zero-order valence-corrected chi connectivity index (χ0v) is 22.5. The first-order valence-electron chi connectivity index (χ1n) is 13.9. The van der Waals surface area contributed by atoms with E-state index in [-0.39, 0.29) is 6.61 Å². The number of hydrogen-bond acceptors (Lipinski definition) is 4. The average molecular weight is 539 g/mol. The molecule has 1 unspecified atom stereocenters. The fraction of sp³-hybridized carbons (Fsp3) is 0.600. The summed E-state index contributed by atoms with van der Waals surface area (Å²) < 4.78 is 61.3. The van der Waals surface area contributed by atoms with Crippen molar-refractivity contribution in [2.75, 3.05) is 13.2 Å². The van der Waals surface area contributed by atoms with Crippen molar-refractivity contribution >= 4 is 0 Å². The van der Waals surface area contributed by atoms with Gasteiger partial charge < -0.3 is 9.47 Å². The van der Waals surface area contributed by atoms with Crippen LogP contribution in [0.4, 0.5) is 17.6 Å². The van der Waals surface area contributed by atoms with Gasteiger partial charge in [-0.05, 0) is 49.9 Å². The molecule has 0 saturated carbocycles. The molecule has 212 valence electrons. The second-order valence-corrected chi connectivity index (χ2v) is 9.58. The van der Waals surface area contributed by atoms with Crippen molar-refractivity contribution in [1.29, 1.82) is 0 Å². The second kappa shape index (κ2) is 18.6. The molecule has 0 bridgehead atoms. The molecule has 0 aliphatic heterocycles. The van der Waals surface area contributed by atoms with Crippen LogP contribution in [-0.2, 0) is 0 Å². The summed E-state index contributed by atoms with van der Waals surface area (Å²) in [5.74, 6) is 1.83. The lowest BCUT2D eigenvalue weighted by atomic mass is 10.1. The maximum absolute atomic E-state index is 14.0. The standard InChI is InChI=1S/C30H42F4N2O2/c1-2-3-4-12-15-26(31)24-38-27-18-16-25(17-19-27)29-35-22-28(23-36-29)37-21-14-11-9-7-5-6-8-10-13-20-30(32,33)34/h13,16-20,22-23,26H,2-12,14-15,21,24H2,1H3. The largest absolute Gasteiger partial charge is 0.491 e. The summed E-state index contributed by atoms with van der Waals surface area (Å²) in [4.78, 5) is 8.76. The van der Waals surface area contributed by atoms with Crippen molar-refractivity contribution in [2.45, 2.75) is 103 Å². The van der Waals surface area contributed by atoms with Gasteiger partial charge in [-0.2, -0.15) is 13.2 Å². The van der Waals surface area contributed by atoms with Crippen LogP contribution in [0, 0.1) is 0 Å². The number of nitrogens with zero attached hydrogens (tertiary/aromatic N) is 2. The van der Waals surface area contributed by atoms with Crippen molar-refractivity contribution in [1.82, 2.24) is 9.97 Å². The average Bonchev–Trinajstić information content (AvgIpc) is 2.90. The highest BCUT2D eigenvalue weighted by atomic mass is 19.4. The molecule has 0 radical (unpaired) electrons. The van der Waals surface area contributed by atoms with Crippen LogP contribution in [0.5, 0.6) is 11.5 Å². The first-order valence-corrected chi connectivity index (χ1v) is 13.9. The summed E-state index contributed by atoms with van der Waals surface area (Å²) in [6.07, 6.45) is 11.9. The minimum atomic E-state index is -4.20. The van der Waals surface area contributed by atoms with E-state index in [0.717, 1.165) is 76.2 Å². The molecule has 0 aliphatic carbocycles. The van der Waals surface area contributed by atoms with Gasteiger partial charge in [0, 0.05) is 11.6 Å². The van der Waals surface area contributed by atoms with E-state index in [2.05, 4.69) is 16.9 Å². The van der Waals surface area contributed by atoms with Gasteiger partial charge in [0.2, 0.25) is 0 Å². The third-order valence-corrected chi connectivity index (χ3v) is 6.13. The molecule has 2 aromatic rings. The number of alkyl halides is 4. The quantitative estimate of drug-likeness (QED) is 0.0957. The Morgan fingerprint density at radius 1 is 0.789 bits per heavy atom. The number of allylic oxidation sites excluding steroid dienone is 2. The maximum Gasteiger partial charge on any atom is 0.409 e. The summed E-state index contributed by atoms with van der Waals surface area (Å²) in [5.41, 5.74) is 0.844. The van der Waals surface area contributed by atoms with Crippen molar-refractivity contribution in [3.8, 4) is 22.9 Å². The number of halogens is 4. The molecule has 38 heavy (non-hydrogen) atoms. The number of unbranched alkanes of at least 4 members (excludes halogenated alkanes) is 10. The summed E-state index contributed by atoms with van der Waals surface area (Å²) in [5, 5.41) is 0. The van der Waals surface area contributed by atoms with Crippen molar-refractivity contribution in [3.05, 3.63) is 48.8 Å². The van der Waals surface area contributed by atoms with E-state index in [1.54, 1.807) is 24.5 Å². The van der Waals surface area contributed by atoms with Crippen LogP contribution in [0.1, 0.15) is 90.4 Å². The Morgan fingerprint density at radius 2 is 1.42 bits per heavy atom. The smallest absolute Gasteiger partial charge is 0.409 e. The van der Waals surface area contributed by atoms with Crippen LogP contribution in [0.25, 0.3) is 11.4 Å². The van der Waals surface area contributed by atoms with Gasteiger partial charge in [-0.3, -0.25) is 0 Å². The molecule has 4 nitrogen and oxygen atoms in total. The van der Waals surface area contributed by atoms with E-state index in [4.69, 9.17) is 9.47 Å². The topological polar surface area (TPSA) is 44.2 Å². The third kappa shape index (κ3) is 14.9. The minimum Gasteiger partial charge on any atom is -0.491 e. The molecular weight excluding hydrogens is 496 g/mol. The number of benzene rings is 1. The van der Waals surface area contributed by atoms with Crippen LogP contribution in [-0.4, -0.2) is 35.5 Å². The van der Waals surface area contributed by atoms with Gasteiger partial charge in [-0.1, -0.05) is 70.8 Å². The molecule has 1 aromatic carbocycles. The number of ether oxygens (including phenoxy) is 2. The monoisotopic (exact) mass is 538 g/mol. The Balaban J connectivity index is 1.55. The summed E-state index contributed by atoms with van der Waals surface area (Å²) in [7, 11) is 0. The Morgan fingerprint density at radius 3 is 2.08 bits per heavy atom. The first-order chi connectivity index (χ1) is 18.4. The molecule has 1 aromatic heterocycles. The third-order valence-electron chi connectivity index (χ3n) is 6.13. The highest BCUT2D eigenvalue weighted by Crippen LogP contribution is 2.21. The van der Waals surface area contributed by atoms with Gasteiger partial charge in [0.25, 0.3) is 0 Å². The molecule has 0 aliphatic rings. The van der Waals surface area contributed by atoms with Crippen LogP contribution >= 0.6 is 0 Å². The summed E-state index contributed by atoms with van der Waals surface area (Å²) >= 11 is 0. The first kappa shape index (κ1) is 31.6. The van der Waals surface area contributed by atoms with Crippen LogP contribution in [0.2, 0.25) is 0 Å². The predicted molar refractivity (Wildman–Crippen MR) is 144 cm³/mol. The number of aromatic nitrogens is 2. The molecule has 0 N–H and O–H groups in total. The molecule has 0 amide bonds. The fourth-order valence-corrected chi connectivity index (χ4v) is 3.96. The molecule has 1 heterocycles. The normalized spacial score (nSPS) is 12.7. The maximum atomic E-state index is 14.0. The SMILES string of the molecule is CCCCCCC(F)COc1ccc(-c2ncc(OCCCCCCCCCC=CC(F)(F)F)cn2)cc1. The lowest BCUT2D eigenvalue weighted by Crippen LogP contribution is -2.12. The Kier molecular flexibility index (Phi) is 15.4. The molecule has 0 spiro atoms. The highest BCUT2D eigenvalue weighted by Gasteiger charge is 2.21. The zero-order valence-electron chi connectivity index (χ0n) is 22.5. The van der Waals surface area contributed by atoms with Gasteiger partial charge in [-0.15, -0.1) is 0 Å². The van der Waals surface area contributed by atoms with Crippen LogP contribution < -0.4 is 9.47 Å². The van der Waals surface area contributed by atoms with Gasteiger partial charge in [-0.25, -0.2) is 14.4 Å². The zero-order chi connectivity index (χ0) is 27.5. The minimum absolute atomic E-state index is 0.0696. The van der Waals surface area contributed by atoms with Crippen molar-refractivity contribution in [2.24, 2.45) is 0 Å². The van der Waals surface area contributed by atoms with Gasteiger partial charge >= 0.3 is 6.18 Å². The molecule has 0 fully saturated rings. The van der Waals surface area contributed by atoms with E-state index in [1.807, 2.05) is 12.1 Å². The van der Waals surface area contributed by atoms with Crippen molar-refractivity contribution in [3.63, 3.8) is 0 Å². The van der Waals surface area contributed by atoms with Gasteiger partial charge in [0.1, 0.15) is 18.5 Å². The summed E-state index contributed by atoms with van der Waals surface area (Å²) in [6.45, 7) is 2.80. The molecule has 8 heteroatoms. The van der Waals surface area contributed by atoms with E-state index in [9.17, 15) is 17.6 Å². The van der Waals surface area contributed by atoms with Crippen LogP contribution in [0.3, 0.4) is 0 Å². The second-order valence-electron chi connectivity index (χ2n) is 9.58. The Bertz CT molecular complexity index is 887. The fourth-order valence-electron chi connectivity index (χ4n) is 3.96. The predicted octanol–water partition coefficient (Wildman–Crippen LogP) is 9.45. The lowest BCUT2D eigenvalue weighted by molar-refractivity contribution is -0.0800. The Labute approximate surface area is 224 Å². The molecular formula is C30H42F4N2O2.